The lowest BCUT2D eigenvalue weighted by molar-refractivity contribution is -0.135. The van der Waals surface area contributed by atoms with Crippen molar-refractivity contribution in [3.05, 3.63) is 29.3 Å². The number of hydrogen-bond donors (Lipinski definition) is 1. The molecule has 1 rings (SSSR count). The number of halogens is 3. The summed E-state index contributed by atoms with van der Waals surface area (Å²) in [4.78, 5) is -0.0821. The minimum atomic E-state index is -4.57. The molecule has 21 heavy (non-hydrogen) atoms. The van der Waals surface area contributed by atoms with E-state index in [0.29, 0.717) is 16.4 Å². The predicted octanol–water partition coefficient (Wildman–Crippen LogP) is 2.29. The van der Waals surface area contributed by atoms with E-state index < -0.39 is 22.7 Å². The van der Waals surface area contributed by atoms with E-state index in [0.717, 1.165) is 5.56 Å². The second-order valence-corrected chi connectivity index (χ2v) is 6.52. The zero-order valence-corrected chi connectivity index (χ0v) is 13.0. The highest BCUT2D eigenvalue weighted by atomic mass is 32.2. The first kappa shape index (κ1) is 17.9. The van der Waals surface area contributed by atoms with Gasteiger partial charge in [0.25, 0.3) is 0 Å². The van der Waals surface area contributed by atoms with Crippen LogP contribution in [0.3, 0.4) is 0 Å². The van der Waals surface area contributed by atoms with E-state index in [1.54, 1.807) is 20.0 Å². The fourth-order valence-electron chi connectivity index (χ4n) is 2.03. The predicted molar refractivity (Wildman–Crippen MR) is 74.4 cm³/mol. The quantitative estimate of drug-likeness (QED) is 0.873. The van der Waals surface area contributed by atoms with Crippen LogP contribution >= 0.6 is 0 Å². The molecule has 1 aromatic carbocycles. The lowest BCUT2D eigenvalue weighted by atomic mass is 10.1. The van der Waals surface area contributed by atoms with Crippen molar-refractivity contribution in [3.8, 4) is 0 Å². The van der Waals surface area contributed by atoms with Gasteiger partial charge >= 0.3 is 6.18 Å². The van der Waals surface area contributed by atoms with Crippen molar-refractivity contribution in [2.45, 2.75) is 31.5 Å². The Morgan fingerprint density at radius 2 is 1.90 bits per heavy atom. The number of nitrogens with zero attached hydrogens (tertiary/aromatic N) is 1. The molecule has 0 spiro atoms. The van der Waals surface area contributed by atoms with Gasteiger partial charge in [0.1, 0.15) is 6.54 Å². The molecule has 0 aliphatic heterocycles. The molecule has 0 amide bonds. The number of benzene rings is 1. The van der Waals surface area contributed by atoms with Crippen molar-refractivity contribution >= 4 is 10.0 Å². The second kappa shape index (κ2) is 6.76. The number of alkyl halides is 3. The minimum Gasteiger partial charge on any atom is -0.316 e. The monoisotopic (exact) mass is 324 g/mol. The van der Waals surface area contributed by atoms with Crippen LogP contribution in [0, 0.1) is 6.92 Å². The Labute approximate surface area is 123 Å². The van der Waals surface area contributed by atoms with Gasteiger partial charge in [-0.3, -0.25) is 0 Å². The Balaban J connectivity index is 3.26. The third-order valence-corrected chi connectivity index (χ3v) is 5.15. The van der Waals surface area contributed by atoms with E-state index in [1.165, 1.54) is 19.1 Å². The minimum absolute atomic E-state index is 0.0821. The molecule has 0 unspecified atom stereocenters. The molecule has 0 aliphatic rings. The Hall–Kier alpha value is -1.12. The molecule has 0 heterocycles. The molecule has 120 valence electrons. The topological polar surface area (TPSA) is 49.4 Å². The van der Waals surface area contributed by atoms with Gasteiger partial charge in [-0.2, -0.15) is 17.5 Å². The number of rotatable bonds is 6. The first-order valence-corrected chi connectivity index (χ1v) is 7.87. The van der Waals surface area contributed by atoms with Gasteiger partial charge in [-0.1, -0.05) is 19.1 Å². The standard InChI is InChI=1S/C13H19F3N2O2S/c1-4-18(9-13(14,15)16)21(19,20)12-7-5-6-11(8-17-3)10(12)2/h5-7,17H,4,8-9H2,1-3H3. The fourth-order valence-corrected chi connectivity index (χ4v) is 3.73. The summed E-state index contributed by atoms with van der Waals surface area (Å²) >= 11 is 0. The third-order valence-electron chi connectivity index (χ3n) is 3.09. The lowest BCUT2D eigenvalue weighted by Crippen LogP contribution is -2.39. The van der Waals surface area contributed by atoms with E-state index in [1.807, 2.05) is 0 Å². The highest BCUT2D eigenvalue weighted by Gasteiger charge is 2.36. The first-order valence-electron chi connectivity index (χ1n) is 6.43. The maximum absolute atomic E-state index is 12.5. The molecule has 0 radical (unpaired) electrons. The molecule has 4 nitrogen and oxygen atoms in total. The third kappa shape index (κ3) is 4.42. The van der Waals surface area contributed by atoms with Crippen LogP contribution in [0.15, 0.2) is 23.1 Å². The molecular weight excluding hydrogens is 305 g/mol. The summed E-state index contributed by atoms with van der Waals surface area (Å²) in [6, 6.07) is 4.61. The Morgan fingerprint density at radius 1 is 1.29 bits per heavy atom. The summed E-state index contributed by atoms with van der Waals surface area (Å²) in [5.41, 5.74) is 1.20. The molecule has 0 aromatic heterocycles. The van der Waals surface area contributed by atoms with Crippen LogP contribution in [0.1, 0.15) is 18.1 Å². The highest BCUT2D eigenvalue weighted by Crippen LogP contribution is 2.26. The van der Waals surface area contributed by atoms with Gasteiger partial charge in [-0.05, 0) is 31.2 Å². The SMILES string of the molecule is CCN(CC(F)(F)F)S(=O)(=O)c1cccc(CNC)c1C. The van der Waals surface area contributed by atoms with E-state index in [4.69, 9.17) is 0 Å². The van der Waals surface area contributed by atoms with Crippen LogP contribution in [0.5, 0.6) is 0 Å². The van der Waals surface area contributed by atoms with Crippen molar-refractivity contribution in [2.75, 3.05) is 20.1 Å². The van der Waals surface area contributed by atoms with Crippen molar-refractivity contribution < 1.29 is 21.6 Å². The van der Waals surface area contributed by atoms with Crippen molar-refractivity contribution in [2.24, 2.45) is 0 Å². The summed E-state index contributed by atoms with van der Waals surface area (Å²) in [6.07, 6.45) is -4.57. The zero-order chi connectivity index (χ0) is 16.3. The zero-order valence-electron chi connectivity index (χ0n) is 12.2. The molecule has 0 fully saturated rings. The average Bonchev–Trinajstić information content (AvgIpc) is 2.37. The van der Waals surface area contributed by atoms with Crippen LogP contribution in [-0.4, -0.2) is 39.0 Å². The second-order valence-electron chi connectivity index (χ2n) is 4.62. The molecule has 0 bridgehead atoms. The summed E-state index contributed by atoms with van der Waals surface area (Å²) < 4.78 is 62.9. The average molecular weight is 324 g/mol. The lowest BCUT2D eigenvalue weighted by Gasteiger charge is -2.23. The maximum Gasteiger partial charge on any atom is 0.402 e. The Morgan fingerprint density at radius 3 is 2.38 bits per heavy atom. The van der Waals surface area contributed by atoms with Gasteiger partial charge in [-0.25, -0.2) is 8.42 Å². The molecule has 0 saturated carbocycles. The van der Waals surface area contributed by atoms with Crippen molar-refractivity contribution in [1.29, 1.82) is 0 Å². The van der Waals surface area contributed by atoms with Gasteiger partial charge in [0.15, 0.2) is 0 Å². The van der Waals surface area contributed by atoms with E-state index in [-0.39, 0.29) is 11.4 Å². The number of nitrogens with one attached hydrogen (secondary N) is 1. The summed E-state index contributed by atoms with van der Waals surface area (Å²) in [6.45, 7) is 1.71. The molecule has 0 aliphatic carbocycles. The molecule has 8 heteroatoms. The first-order chi connectivity index (χ1) is 9.63. The van der Waals surface area contributed by atoms with Crippen LogP contribution < -0.4 is 5.32 Å². The largest absolute Gasteiger partial charge is 0.402 e. The Kier molecular flexibility index (Phi) is 5.77. The smallest absolute Gasteiger partial charge is 0.316 e. The highest BCUT2D eigenvalue weighted by molar-refractivity contribution is 7.89. The molecular formula is C13H19F3N2O2S. The number of hydrogen-bond acceptors (Lipinski definition) is 3. The maximum atomic E-state index is 12.5. The van der Waals surface area contributed by atoms with Gasteiger partial charge in [0, 0.05) is 13.1 Å². The fraction of sp³-hybridized carbons (Fsp3) is 0.538. The number of sulfonamides is 1. The summed E-state index contributed by atoms with van der Waals surface area (Å²) in [5, 5.41) is 2.90. The van der Waals surface area contributed by atoms with E-state index in [9.17, 15) is 21.6 Å². The van der Waals surface area contributed by atoms with E-state index in [2.05, 4.69) is 5.32 Å². The molecule has 1 N–H and O–H groups in total. The van der Waals surface area contributed by atoms with Gasteiger partial charge in [-0.15, -0.1) is 0 Å². The van der Waals surface area contributed by atoms with Gasteiger partial charge in [0.2, 0.25) is 10.0 Å². The normalized spacial score (nSPS) is 12.9. The van der Waals surface area contributed by atoms with Crippen LogP contribution in [0.25, 0.3) is 0 Å². The van der Waals surface area contributed by atoms with E-state index >= 15 is 0 Å². The van der Waals surface area contributed by atoms with Crippen molar-refractivity contribution in [3.63, 3.8) is 0 Å². The van der Waals surface area contributed by atoms with Gasteiger partial charge < -0.3 is 5.32 Å². The van der Waals surface area contributed by atoms with Crippen LogP contribution in [-0.2, 0) is 16.6 Å². The molecule has 1 aromatic rings. The Bertz CT molecular complexity index is 586. The summed E-state index contributed by atoms with van der Waals surface area (Å²) in [7, 11) is -2.46. The molecule has 0 saturated heterocycles. The van der Waals surface area contributed by atoms with Crippen LogP contribution in [0.4, 0.5) is 13.2 Å². The molecule has 0 atom stereocenters. The summed E-state index contributed by atoms with van der Waals surface area (Å²) in [5.74, 6) is 0. The van der Waals surface area contributed by atoms with Crippen molar-refractivity contribution in [1.82, 2.24) is 9.62 Å². The van der Waals surface area contributed by atoms with Crippen LogP contribution in [0.2, 0.25) is 0 Å². The van der Waals surface area contributed by atoms with Gasteiger partial charge in [0.05, 0.1) is 4.90 Å².